The molecular weight excluding hydrogens is 149 g/mol. The highest BCUT2D eigenvalue weighted by Crippen LogP contribution is 2.06. The molecule has 0 saturated carbocycles. The van der Waals surface area contributed by atoms with E-state index in [-0.39, 0.29) is 5.88 Å². The molecule has 0 aliphatic rings. The second-order valence-corrected chi connectivity index (χ2v) is 1.92. The predicted octanol–water partition coefficient (Wildman–Crippen LogP) is 0.913. The maximum Gasteiger partial charge on any atom is 0.232 e. The van der Waals surface area contributed by atoms with Crippen LogP contribution in [0.25, 0.3) is 0 Å². The molecule has 0 unspecified atom stereocenters. The molecule has 1 rings (SSSR count). The Morgan fingerprint density at radius 2 is 2.45 bits per heavy atom. The van der Waals surface area contributed by atoms with Crippen molar-refractivity contribution in [3.05, 3.63) is 28.3 Å². The number of hydrogen-bond acceptors (Lipinski definition) is 2. The highest BCUT2D eigenvalue weighted by Gasteiger charge is 2.04. The number of rotatable bonds is 2. The molecule has 1 heterocycles. The molecule has 0 aromatic carbocycles. The highest BCUT2D eigenvalue weighted by atomic mass is 19.1. The molecule has 11 heavy (non-hydrogen) atoms. The molecule has 1 N–H and O–H groups in total. The minimum Gasteiger partial charge on any atom is -0.477 e. The van der Waals surface area contributed by atoms with Crippen molar-refractivity contribution in [3.8, 4) is 5.88 Å². The van der Waals surface area contributed by atoms with Crippen molar-refractivity contribution < 1.29 is 9.13 Å². The summed E-state index contributed by atoms with van der Waals surface area (Å²) in [4.78, 5) is 13.1. The maximum atomic E-state index is 12.7. The molecule has 0 atom stereocenters. The van der Waals surface area contributed by atoms with Crippen LogP contribution in [-0.4, -0.2) is 11.6 Å². The van der Waals surface area contributed by atoms with Gasteiger partial charge >= 0.3 is 0 Å². The highest BCUT2D eigenvalue weighted by molar-refractivity contribution is 5.12. The normalized spacial score (nSPS) is 9.64. The zero-order valence-corrected chi connectivity index (χ0v) is 6.06. The molecule has 0 aliphatic heterocycles. The summed E-state index contributed by atoms with van der Waals surface area (Å²) in [6.07, 6.45) is 1.34. The zero-order chi connectivity index (χ0) is 8.27. The van der Waals surface area contributed by atoms with Crippen molar-refractivity contribution in [3.63, 3.8) is 0 Å². The molecule has 0 radical (unpaired) electrons. The quantitative estimate of drug-likeness (QED) is 0.693. The first kappa shape index (κ1) is 7.78. The lowest BCUT2D eigenvalue weighted by Gasteiger charge is -2.01. The third-order valence-electron chi connectivity index (χ3n) is 1.15. The number of aromatic nitrogens is 1. The van der Waals surface area contributed by atoms with E-state index in [1.165, 1.54) is 6.20 Å². The van der Waals surface area contributed by atoms with E-state index in [1.54, 1.807) is 6.92 Å². The van der Waals surface area contributed by atoms with Gasteiger partial charge in [-0.2, -0.15) is 4.39 Å². The van der Waals surface area contributed by atoms with Gasteiger partial charge in [0, 0.05) is 12.3 Å². The van der Waals surface area contributed by atoms with Crippen LogP contribution in [0.3, 0.4) is 0 Å². The Labute approximate surface area is 62.8 Å². The van der Waals surface area contributed by atoms with Gasteiger partial charge in [0.1, 0.15) is 0 Å². The lowest BCUT2D eigenvalue weighted by Crippen LogP contribution is -2.08. The Kier molecular flexibility index (Phi) is 2.25. The molecule has 4 heteroatoms. The number of halogens is 1. The van der Waals surface area contributed by atoms with Crippen molar-refractivity contribution in [1.82, 2.24) is 4.98 Å². The van der Waals surface area contributed by atoms with Gasteiger partial charge in [0.05, 0.1) is 6.61 Å². The van der Waals surface area contributed by atoms with Crippen LogP contribution in [0.4, 0.5) is 4.39 Å². The molecular formula is C7H8FNO2. The van der Waals surface area contributed by atoms with E-state index in [0.29, 0.717) is 6.61 Å². The summed E-state index contributed by atoms with van der Waals surface area (Å²) in [6, 6.07) is 1.11. The number of pyridine rings is 1. The molecule has 60 valence electrons. The second kappa shape index (κ2) is 3.18. The minimum atomic E-state index is -0.866. The summed E-state index contributed by atoms with van der Waals surface area (Å²) in [7, 11) is 0. The van der Waals surface area contributed by atoms with E-state index in [4.69, 9.17) is 4.74 Å². The van der Waals surface area contributed by atoms with Crippen LogP contribution in [0.2, 0.25) is 0 Å². The Hall–Kier alpha value is -1.32. The van der Waals surface area contributed by atoms with E-state index >= 15 is 0 Å². The summed E-state index contributed by atoms with van der Waals surface area (Å²) >= 11 is 0. The van der Waals surface area contributed by atoms with Crippen LogP contribution in [0.15, 0.2) is 17.1 Å². The lowest BCUT2D eigenvalue weighted by molar-refractivity contribution is 0.306. The number of nitrogens with one attached hydrogen (secondary N) is 1. The van der Waals surface area contributed by atoms with Gasteiger partial charge in [0.15, 0.2) is 0 Å². The summed E-state index contributed by atoms with van der Waals surface area (Å²) < 4.78 is 17.5. The first-order valence-electron chi connectivity index (χ1n) is 3.25. The van der Waals surface area contributed by atoms with Crippen molar-refractivity contribution >= 4 is 0 Å². The molecule has 0 spiro atoms. The van der Waals surface area contributed by atoms with Crippen LogP contribution < -0.4 is 10.2 Å². The molecule has 0 saturated heterocycles. The average Bonchev–Trinajstić information content (AvgIpc) is 1.99. The zero-order valence-electron chi connectivity index (χ0n) is 6.06. The summed E-state index contributed by atoms with van der Waals surface area (Å²) in [5, 5.41) is 0. The molecule has 0 aliphatic carbocycles. The fourth-order valence-corrected chi connectivity index (χ4v) is 0.691. The van der Waals surface area contributed by atoms with Gasteiger partial charge in [-0.15, -0.1) is 0 Å². The van der Waals surface area contributed by atoms with Crippen LogP contribution in [0.5, 0.6) is 5.88 Å². The van der Waals surface area contributed by atoms with Gasteiger partial charge in [-0.25, -0.2) is 0 Å². The van der Waals surface area contributed by atoms with Crippen molar-refractivity contribution in [2.75, 3.05) is 6.61 Å². The van der Waals surface area contributed by atoms with Crippen LogP contribution in [0, 0.1) is 5.82 Å². The fraction of sp³-hybridized carbons (Fsp3) is 0.286. The fourth-order valence-electron chi connectivity index (χ4n) is 0.691. The topological polar surface area (TPSA) is 42.1 Å². The van der Waals surface area contributed by atoms with Crippen LogP contribution in [-0.2, 0) is 0 Å². The standard InChI is InChI=1S/C7H8FNO2/c1-2-11-7-6(8)5(10)3-4-9-7/h3-4H,2H2,1H3,(H,9,10). The van der Waals surface area contributed by atoms with E-state index in [9.17, 15) is 9.18 Å². The van der Waals surface area contributed by atoms with Gasteiger partial charge in [-0.3, -0.25) is 4.79 Å². The monoisotopic (exact) mass is 157 g/mol. The SMILES string of the molecule is CCOc1[nH]ccc(=O)c1F. The first-order chi connectivity index (χ1) is 5.25. The Morgan fingerprint density at radius 1 is 1.73 bits per heavy atom. The average molecular weight is 157 g/mol. The van der Waals surface area contributed by atoms with Gasteiger partial charge in [0.25, 0.3) is 0 Å². The summed E-state index contributed by atoms with van der Waals surface area (Å²) in [5.74, 6) is -0.964. The number of ether oxygens (including phenoxy) is 1. The molecule has 0 amide bonds. The molecule has 0 bridgehead atoms. The van der Waals surface area contributed by atoms with E-state index in [2.05, 4.69) is 4.98 Å². The van der Waals surface area contributed by atoms with E-state index in [0.717, 1.165) is 6.07 Å². The van der Waals surface area contributed by atoms with Crippen LogP contribution in [0.1, 0.15) is 6.92 Å². The van der Waals surface area contributed by atoms with Gasteiger partial charge in [-0.1, -0.05) is 0 Å². The number of hydrogen-bond donors (Lipinski definition) is 1. The minimum absolute atomic E-state index is 0.0972. The second-order valence-electron chi connectivity index (χ2n) is 1.92. The Bertz CT molecular complexity index is 295. The van der Waals surface area contributed by atoms with Gasteiger partial charge in [-0.05, 0) is 6.92 Å². The summed E-state index contributed by atoms with van der Waals surface area (Å²) in [5.41, 5.74) is -0.660. The molecule has 3 nitrogen and oxygen atoms in total. The predicted molar refractivity (Wildman–Crippen MR) is 38.2 cm³/mol. The maximum absolute atomic E-state index is 12.7. The Morgan fingerprint density at radius 3 is 3.09 bits per heavy atom. The van der Waals surface area contributed by atoms with Crippen LogP contribution >= 0.6 is 0 Å². The molecule has 0 fully saturated rings. The third-order valence-corrected chi connectivity index (χ3v) is 1.15. The largest absolute Gasteiger partial charge is 0.477 e. The Balaban J connectivity index is 3.06. The number of H-pyrrole nitrogens is 1. The first-order valence-corrected chi connectivity index (χ1v) is 3.25. The van der Waals surface area contributed by atoms with Crippen molar-refractivity contribution in [2.24, 2.45) is 0 Å². The lowest BCUT2D eigenvalue weighted by atomic mass is 10.4. The number of aromatic amines is 1. The van der Waals surface area contributed by atoms with Gasteiger partial charge < -0.3 is 9.72 Å². The molecule has 1 aromatic rings. The molecule has 1 aromatic heterocycles. The smallest absolute Gasteiger partial charge is 0.232 e. The van der Waals surface area contributed by atoms with E-state index in [1.807, 2.05) is 0 Å². The van der Waals surface area contributed by atoms with Crippen molar-refractivity contribution in [2.45, 2.75) is 6.92 Å². The van der Waals surface area contributed by atoms with Crippen molar-refractivity contribution in [1.29, 1.82) is 0 Å². The summed E-state index contributed by atoms with van der Waals surface area (Å²) in [6.45, 7) is 2.04. The van der Waals surface area contributed by atoms with Gasteiger partial charge in [0.2, 0.25) is 17.1 Å². The van der Waals surface area contributed by atoms with E-state index < -0.39 is 11.2 Å². The third kappa shape index (κ3) is 1.58.